The van der Waals surface area contributed by atoms with Crippen LogP contribution in [-0.4, -0.2) is 30.9 Å². The molecule has 0 radical (unpaired) electrons. The summed E-state index contributed by atoms with van der Waals surface area (Å²) in [6, 6.07) is 14.0. The summed E-state index contributed by atoms with van der Waals surface area (Å²) in [7, 11) is 0. The van der Waals surface area contributed by atoms with E-state index in [1.165, 1.54) is 11.1 Å². The summed E-state index contributed by atoms with van der Waals surface area (Å²) in [5.41, 5.74) is 3.51. The van der Waals surface area contributed by atoms with Gasteiger partial charge in [-0.2, -0.15) is 10.2 Å². The lowest BCUT2D eigenvalue weighted by molar-refractivity contribution is 0.382. The van der Waals surface area contributed by atoms with Gasteiger partial charge in [0.25, 0.3) is 5.56 Å². The van der Waals surface area contributed by atoms with E-state index in [0.717, 1.165) is 18.7 Å². The van der Waals surface area contributed by atoms with Gasteiger partial charge >= 0.3 is 0 Å². The first-order valence-corrected chi connectivity index (χ1v) is 12.6. The second kappa shape index (κ2) is 8.82. The number of benzene rings is 1. The number of hydrogen-bond donors (Lipinski definition) is 2. The summed E-state index contributed by atoms with van der Waals surface area (Å²) < 4.78 is 3.36. The van der Waals surface area contributed by atoms with Crippen LogP contribution in [0, 0.1) is 11.3 Å². The van der Waals surface area contributed by atoms with Gasteiger partial charge in [0.05, 0.1) is 17.2 Å². The van der Waals surface area contributed by atoms with Gasteiger partial charge in [-0.05, 0) is 89.9 Å². The highest BCUT2D eigenvalue weighted by Gasteiger charge is 2.27. The summed E-state index contributed by atoms with van der Waals surface area (Å²) in [5, 5.41) is 16.9. The molecular formula is C28H32N8O. The van der Waals surface area contributed by atoms with Crippen molar-refractivity contribution in [1.29, 1.82) is 5.26 Å². The number of anilines is 2. The number of nitrogens with one attached hydrogen (secondary N) is 2. The minimum atomic E-state index is -0.778. The first-order valence-electron chi connectivity index (χ1n) is 12.6. The first-order chi connectivity index (χ1) is 17.5. The van der Waals surface area contributed by atoms with Crippen LogP contribution in [0.3, 0.4) is 0 Å². The minimum Gasteiger partial charge on any atom is -0.324 e. The van der Waals surface area contributed by atoms with E-state index in [2.05, 4.69) is 47.7 Å². The van der Waals surface area contributed by atoms with Crippen molar-refractivity contribution in [3.05, 3.63) is 69.8 Å². The van der Waals surface area contributed by atoms with Gasteiger partial charge in [-0.3, -0.25) is 4.79 Å². The highest BCUT2D eigenvalue weighted by atomic mass is 16.1. The van der Waals surface area contributed by atoms with E-state index >= 15 is 0 Å². The Morgan fingerprint density at radius 3 is 2.70 bits per heavy atom. The Balaban J connectivity index is 1.62. The molecule has 0 unspecified atom stereocenters. The molecule has 0 amide bonds. The van der Waals surface area contributed by atoms with Gasteiger partial charge in [0.15, 0.2) is 11.5 Å². The molecule has 0 saturated heterocycles. The molecule has 0 aliphatic carbocycles. The van der Waals surface area contributed by atoms with Crippen LogP contribution in [-0.2, 0) is 17.4 Å². The molecule has 1 aliphatic rings. The molecule has 0 atom stereocenters. The van der Waals surface area contributed by atoms with Crippen LogP contribution in [0.1, 0.15) is 64.4 Å². The molecule has 9 nitrogen and oxygen atoms in total. The second-order valence-corrected chi connectivity index (χ2v) is 10.9. The highest BCUT2D eigenvalue weighted by Crippen LogP contribution is 2.31. The smallest absolute Gasteiger partial charge is 0.278 e. The molecule has 2 N–H and O–H groups in total. The van der Waals surface area contributed by atoms with Gasteiger partial charge in [-0.15, -0.1) is 0 Å². The number of hydrogen-bond acceptors (Lipinski definition) is 7. The summed E-state index contributed by atoms with van der Waals surface area (Å²) in [6.07, 6.45) is 2.52. The van der Waals surface area contributed by atoms with E-state index in [0.29, 0.717) is 28.5 Å². The molecule has 4 aromatic rings. The van der Waals surface area contributed by atoms with E-state index < -0.39 is 5.41 Å². The predicted molar refractivity (Wildman–Crippen MR) is 144 cm³/mol. The molecule has 1 aliphatic heterocycles. The van der Waals surface area contributed by atoms with E-state index in [1.807, 2.05) is 52.0 Å². The number of rotatable bonds is 5. The van der Waals surface area contributed by atoms with Crippen molar-refractivity contribution < 1.29 is 0 Å². The van der Waals surface area contributed by atoms with Crippen molar-refractivity contribution in [2.24, 2.45) is 0 Å². The van der Waals surface area contributed by atoms with Crippen LogP contribution in [0.5, 0.6) is 0 Å². The number of fused-ring (bicyclic) bond motifs is 2. The molecule has 0 bridgehead atoms. The Hall–Kier alpha value is -4.03. The molecule has 1 aromatic carbocycles. The molecule has 3 aromatic heterocycles. The monoisotopic (exact) mass is 496 g/mol. The van der Waals surface area contributed by atoms with Crippen molar-refractivity contribution in [2.45, 2.75) is 65.0 Å². The molecule has 0 fully saturated rings. The first kappa shape index (κ1) is 24.7. The zero-order valence-electron chi connectivity index (χ0n) is 22.1. The molecule has 0 spiro atoms. The quantitative estimate of drug-likeness (QED) is 0.419. The van der Waals surface area contributed by atoms with Crippen molar-refractivity contribution in [1.82, 2.24) is 29.6 Å². The van der Waals surface area contributed by atoms with Crippen molar-refractivity contribution in [2.75, 3.05) is 11.9 Å². The molecule has 9 heteroatoms. The lowest BCUT2D eigenvalue weighted by Crippen LogP contribution is -2.42. The fourth-order valence-corrected chi connectivity index (χ4v) is 4.91. The normalized spacial score (nSPS) is 15.0. The maximum absolute atomic E-state index is 13.3. The highest BCUT2D eigenvalue weighted by molar-refractivity contribution is 5.77. The summed E-state index contributed by atoms with van der Waals surface area (Å²) in [5.74, 6) is 0.915. The van der Waals surface area contributed by atoms with Gasteiger partial charge in [-0.25, -0.2) is 19.3 Å². The fraction of sp³-hybridized carbons (Fsp3) is 0.393. The second-order valence-electron chi connectivity index (χ2n) is 10.9. The summed E-state index contributed by atoms with van der Waals surface area (Å²) >= 11 is 0. The van der Waals surface area contributed by atoms with Crippen LogP contribution >= 0.6 is 0 Å². The van der Waals surface area contributed by atoms with Crippen molar-refractivity contribution in [3.8, 4) is 11.9 Å². The Labute approximate surface area is 216 Å². The van der Waals surface area contributed by atoms with Gasteiger partial charge in [0, 0.05) is 23.5 Å². The van der Waals surface area contributed by atoms with Gasteiger partial charge in [0.2, 0.25) is 5.95 Å². The molecule has 37 heavy (non-hydrogen) atoms. The topological polar surface area (TPSA) is 113 Å². The molecule has 190 valence electrons. The number of nitrogens with zero attached hydrogens (tertiary/aromatic N) is 6. The maximum Gasteiger partial charge on any atom is 0.278 e. The number of pyridine rings is 1. The van der Waals surface area contributed by atoms with Crippen LogP contribution in [0.2, 0.25) is 0 Å². The van der Waals surface area contributed by atoms with Gasteiger partial charge in [0.1, 0.15) is 5.39 Å². The zero-order valence-corrected chi connectivity index (χ0v) is 22.1. The molecular weight excluding hydrogens is 464 g/mol. The van der Waals surface area contributed by atoms with Crippen molar-refractivity contribution >= 4 is 22.7 Å². The standard InChI is InChI=1S/C28H32N8O/c1-17(2)35-25(37)20-15-30-26(32-19-10-11-21-18(14-19)12-13-31-28(21,5)6)34-24(20)36(35)23-9-7-8-22(33-23)27(3,4)16-29/h7-11,14-15,17,31H,12-13H2,1-6H3,(H,30,32,34). The molecule has 0 saturated carbocycles. The molecule has 5 rings (SSSR count). The van der Waals surface area contributed by atoms with E-state index in [4.69, 9.17) is 9.97 Å². The Morgan fingerprint density at radius 2 is 1.97 bits per heavy atom. The molecule has 4 heterocycles. The number of nitriles is 1. The van der Waals surface area contributed by atoms with Crippen LogP contribution in [0.25, 0.3) is 16.9 Å². The third kappa shape index (κ3) is 4.27. The van der Waals surface area contributed by atoms with E-state index in [-0.39, 0.29) is 17.1 Å². The third-order valence-electron chi connectivity index (χ3n) is 6.98. The lowest BCUT2D eigenvalue weighted by Gasteiger charge is -2.34. The maximum atomic E-state index is 13.3. The average Bonchev–Trinajstić information content (AvgIpc) is 3.15. The van der Waals surface area contributed by atoms with E-state index in [1.54, 1.807) is 15.6 Å². The van der Waals surface area contributed by atoms with E-state index in [9.17, 15) is 10.1 Å². The van der Waals surface area contributed by atoms with Gasteiger partial charge < -0.3 is 10.6 Å². The van der Waals surface area contributed by atoms with Gasteiger partial charge in [-0.1, -0.05) is 12.1 Å². The predicted octanol–water partition coefficient (Wildman–Crippen LogP) is 4.48. The summed E-state index contributed by atoms with van der Waals surface area (Å²) in [4.78, 5) is 27.3. The average molecular weight is 497 g/mol. The largest absolute Gasteiger partial charge is 0.324 e. The summed E-state index contributed by atoms with van der Waals surface area (Å²) in [6.45, 7) is 12.8. The van der Waals surface area contributed by atoms with Crippen LogP contribution in [0.15, 0.2) is 47.4 Å². The zero-order chi connectivity index (χ0) is 26.5. The lowest BCUT2D eigenvalue weighted by atomic mass is 9.85. The van der Waals surface area contributed by atoms with Crippen LogP contribution in [0.4, 0.5) is 11.6 Å². The van der Waals surface area contributed by atoms with Crippen LogP contribution < -0.4 is 16.2 Å². The minimum absolute atomic E-state index is 0.0704. The Kier molecular flexibility index (Phi) is 5.88. The Morgan fingerprint density at radius 1 is 1.19 bits per heavy atom. The number of aromatic nitrogens is 5. The fourth-order valence-electron chi connectivity index (χ4n) is 4.91. The third-order valence-corrected chi connectivity index (χ3v) is 6.98. The Bertz CT molecular complexity index is 1600. The van der Waals surface area contributed by atoms with Crippen molar-refractivity contribution in [3.63, 3.8) is 0 Å². The SMILES string of the molecule is CC(C)n1c(=O)c2cnc(Nc3ccc4c(c3)CCNC4(C)C)nc2n1-c1cccc(C(C)(C)C#N)n1.